The quantitative estimate of drug-likeness (QED) is 0.134. The third-order valence-electron chi connectivity index (χ3n) is 6.01. The molecule has 3 aromatic carbocycles. The minimum absolute atomic E-state index is 0. The van der Waals surface area contributed by atoms with Crippen LogP contribution >= 0.6 is 12.4 Å². The zero-order chi connectivity index (χ0) is 25.8. The molecule has 5 rings (SSSR count). The molecule has 0 aliphatic heterocycles. The number of anilines is 2. The van der Waals surface area contributed by atoms with Crippen LogP contribution in [0.15, 0.2) is 85.1 Å². The Balaban J connectivity index is 0.00000336. The first-order chi connectivity index (χ1) is 18.0. The summed E-state index contributed by atoms with van der Waals surface area (Å²) in [5.74, 6) is -0.784. The first-order valence-corrected chi connectivity index (χ1v) is 11.8. The van der Waals surface area contributed by atoms with Gasteiger partial charge in [0.15, 0.2) is 23.3 Å². The lowest BCUT2D eigenvalue weighted by atomic mass is 10.0. The number of amides is 1. The molecule has 0 bridgehead atoms. The molecule has 38 heavy (non-hydrogen) atoms. The van der Waals surface area contributed by atoms with E-state index in [0.29, 0.717) is 18.1 Å². The summed E-state index contributed by atoms with van der Waals surface area (Å²) in [4.78, 5) is 24.9. The number of aromatic amines is 1. The summed E-state index contributed by atoms with van der Waals surface area (Å²) >= 11 is 0. The predicted octanol–water partition coefficient (Wildman–Crippen LogP) is 4.57. The second-order valence-corrected chi connectivity index (χ2v) is 8.50. The molecule has 2 heterocycles. The van der Waals surface area contributed by atoms with Crippen LogP contribution in [0.5, 0.6) is 0 Å². The summed E-state index contributed by atoms with van der Waals surface area (Å²) in [5, 5.41) is 14.1. The van der Waals surface area contributed by atoms with Gasteiger partial charge in [-0.25, -0.2) is 9.97 Å². The van der Waals surface area contributed by atoms with Gasteiger partial charge in [0.2, 0.25) is 0 Å². The molecule has 0 radical (unpaired) electrons. The van der Waals surface area contributed by atoms with Crippen LogP contribution in [0.4, 0.5) is 11.6 Å². The van der Waals surface area contributed by atoms with E-state index in [2.05, 4.69) is 31.7 Å². The summed E-state index contributed by atoms with van der Waals surface area (Å²) < 4.78 is 0. The summed E-state index contributed by atoms with van der Waals surface area (Å²) in [6, 6.07) is 26.0. The highest BCUT2D eigenvalue weighted by molar-refractivity contribution is 6.06. The third-order valence-corrected chi connectivity index (χ3v) is 6.01. The lowest BCUT2D eigenvalue weighted by Crippen LogP contribution is -2.36. The summed E-state index contributed by atoms with van der Waals surface area (Å²) in [6.07, 6.45) is 2.75. The fourth-order valence-corrected chi connectivity index (χ4v) is 4.23. The monoisotopic (exact) mass is 526 g/mol. The van der Waals surface area contributed by atoms with Gasteiger partial charge in [-0.05, 0) is 29.2 Å². The molecule has 1 amide bonds. The lowest BCUT2D eigenvalue weighted by Gasteiger charge is -2.14. The molecule has 0 atom stereocenters. The van der Waals surface area contributed by atoms with Crippen LogP contribution in [0.1, 0.15) is 16.1 Å². The molecule has 0 aliphatic carbocycles. The molecule has 0 aliphatic rings. The average molecular weight is 527 g/mol. The number of guanidine groups is 1. The minimum Gasteiger partial charge on any atom is -0.382 e. The number of fused-ring (bicyclic) bond motifs is 1. The minimum atomic E-state index is -0.690. The van der Waals surface area contributed by atoms with Crippen molar-refractivity contribution in [1.82, 2.24) is 20.3 Å². The number of nitrogens with one attached hydrogen (secondary N) is 4. The van der Waals surface area contributed by atoms with Crippen LogP contribution in [0.25, 0.3) is 33.3 Å². The van der Waals surface area contributed by atoms with Crippen LogP contribution in [0.3, 0.4) is 0 Å². The number of H-pyrrole nitrogens is 1. The van der Waals surface area contributed by atoms with Crippen LogP contribution in [-0.4, -0.2) is 33.4 Å². The van der Waals surface area contributed by atoms with Crippen LogP contribution in [0, 0.1) is 5.41 Å². The van der Waals surface area contributed by atoms with Gasteiger partial charge >= 0.3 is 0 Å². The molecule has 192 valence electrons. The number of hydrogen-bond acceptors (Lipinski definition) is 6. The average Bonchev–Trinajstić information content (AvgIpc) is 3.32. The standard InChI is InChI=1S/C28H26N8O.ClH/c29-25-24(27(37)36-28(30)31)34-23(19-12-10-18(11-13-19)17-6-2-1-3-7-17)26(35-25)32-15-14-20-16-33-22-9-5-4-8-21(20)22;/h1-13,16,33H,14-15H2,(H3,29,32,35)(H4,30,31,36,37);1H. The summed E-state index contributed by atoms with van der Waals surface area (Å²) in [5.41, 5.74) is 17.0. The van der Waals surface area contributed by atoms with Crippen LogP contribution in [0.2, 0.25) is 0 Å². The Bertz CT molecular complexity index is 1580. The maximum absolute atomic E-state index is 12.6. The van der Waals surface area contributed by atoms with Gasteiger partial charge in [0.05, 0.1) is 0 Å². The normalized spacial score (nSPS) is 10.5. The molecule has 8 N–H and O–H groups in total. The van der Waals surface area contributed by atoms with Crippen molar-refractivity contribution in [2.75, 3.05) is 17.6 Å². The van der Waals surface area contributed by atoms with E-state index >= 15 is 0 Å². The van der Waals surface area contributed by atoms with E-state index in [1.165, 1.54) is 10.9 Å². The number of para-hydroxylation sites is 1. The smallest absolute Gasteiger partial charge is 0.280 e. The third kappa shape index (κ3) is 5.58. The number of halogens is 1. The molecule has 0 fully saturated rings. The Labute approximate surface area is 225 Å². The van der Waals surface area contributed by atoms with Gasteiger partial charge in [-0.15, -0.1) is 12.4 Å². The highest BCUT2D eigenvalue weighted by Crippen LogP contribution is 2.29. The fraction of sp³-hybridized carbons (Fsp3) is 0.0714. The van der Waals surface area contributed by atoms with Crippen molar-refractivity contribution >= 4 is 46.8 Å². The Morgan fingerprint density at radius 3 is 2.29 bits per heavy atom. The lowest BCUT2D eigenvalue weighted by molar-refractivity contribution is 0.0972. The Kier molecular flexibility index (Phi) is 7.88. The van der Waals surface area contributed by atoms with Gasteiger partial charge in [-0.3, -0.25) is 15.5 Å². The van der Waals surface area contributed by atoms with Crippen LogP contribution < -0.4 is 22.1 Å². The van der Waals surface area contributed by atoms with E-state index in [1.54, 1.807) is 0 Å². The first-order valence-electron chi connectivity index (χ1n) is 11.8. The van der Waals surface area contributed by atoms with Crippen molar-refractivity contribution in [3.8, 4) is 22.4 Å². The maximum atomic E-state index is 12.6. The SMILES string of the molecule is Cl.N=C(N)NC(=O)c1nc(-c2ccc(-c3ccccc3)cc2)c(NCCc2c[nH]c3ccccc23)nc1N. The van der Waals surface area contributed by atoms with E-state index < -0.39 is 11.9 Å². The highest BCUT2D eigenvalue weighted by Gasteiger charge is 2.19. The molecule has 0 unspecified atom stereocenters. The molecular formula is C28H27ClN8O. The van der Waals surface area contributed by atoms with Gasteiger partial charge < -0.3 is 21.8 Å². The first kappa shape index (κ1) is 26.2. The summed E-state index contributed by atoms with van der Waals surface area (Å²) in [6.45, 7) is 0.573. The number of nitrogen functional groups attached to an aromatic ring is 1. The van der Waals surface area contributed by atoms with Crippen molar-refractivity contribution in [1.29, 1.82) is 5.41 Å². The van der Waals surface area contributed by atoms with Gasteiger partial charge in [0, 0.05) is 29.2 Å². The molecule has 5 aromatic rings. The molecule has 0 saturated heterocycles. The van der Waals surface area contributed by atoms with E-state index in [0.717, 1.165) is 28.6 Å². The number of benzene rings is 3. The predicted molar refractivity (Wildman–Crippen MR) is 154 cm³/mol. The fourth-order valence-electron chi connectivity index (χ4n) is 4.23. The van der Waals surface area contributed by atoms with Gasteiger partial charge in [0.25, 0.3) is 5.91 Å². The number of hydrogen-bond donors (Lipinski definition) is 6. The van der Waals surface area contributed by atoms with Crippen molar-refractivity contribution in [3.63, 3.8) is 0 Å². The maximum Gasteiger partial charge on any atom is 0.280 e. The van der Waals surface area contributed by atoms with Crippen LogP contribution in [-0.2, 0) is 6.42 Å². The molecule has 9 nitrogen and oxygen atoms in total. The van der Waals surface area contributed by atoms with Gasteiger partial charge in [0.1, 0.15) is 5.69 Å². The van der Waals surface area contributed by atoms with E-state index in [-0.39, 0.29) is 23.9 Å². The highest BCUT2D eigenvalue weighted by atomic mass is 35.5. The second kappa shape index (κ2) is 11.4. The largest absolute Gasteiger partial charge is 0.382 e. The Hall–Kier alpha value is -4.89. The molecule has 0 saturated carbocycles. The van der Waals surface area contributed by atoms with E-state index in [4.69, 9.17) is 16.9 Å². The number of nitrogens with two attached hydrogens (primary N) is 2. The number of aromatic nitrogens is 3. The number of rotatable bonds is 7. The Morgan fingerprint density at radius 2 is 1.55 bits per heavy atom. The number of carbonyl (C=O) groups excluding carboxylic acids is 1. The molecule has 10 heteroatoms. The number of nitrogens with zero attached hydrogens (tertiary/aromatic N) is 2. The van der Waals surface area contributed by atoms with Crippen molar-refractivity contribution in [2.45, 2.75) is 6.42 Å². The second-order valence-electron chi connectivity index (χ2n) is 8.50. The van der Waals surface area contributed by atoms with E-state index in [9.17, 15) is 4.79 Å². The van der Waals surface area contributed by atoms with Crippen molar-refractivity contribution in [2.24, 2.45) is 5.73 Å². The van der Waals surface area contributed by atoms with Crippen molar-refractivity contribution in [3.05, 3.63) is 96.3 Å². The topological polar surface area (TPSA) is 159 Å². The molecule has 2 aromatic heterocycles. The zero-order valence-electron chi connectivity index (χ0n) is 20.4. The van der Waals surface area contributed by atoms with E-state index in [1.807, 2.05) is 79.0 Å². The summed E-state index contributed by atoms with van der Waals surface area (Å²) in [7, 11) is 0. The Morgan fingerprint density at radius 1 is 0.895 bits per heavy atom. The molecular weight excluding hydrogens is 500 g/mol. The number of carbonyl (C=O) groups is 1. The van der Waals surface area contributed by atoms with Crippen molar-refractivity contribution < 1.29 is 4.79 Å². The van der Waals surface area contributed by atoms with Gasteiger partial charge in [-0.2, -0.15) is 0 Å². The zero-order valence-corrected chi connectivity index (χ0v) is 21.2. The van der Waals surface area contributed by atoms with Gasteiger partial charge in [-0.1, -0.05) is 72.8 Å². The molecule has 0 spiro atoms.